The highest BCUT2D eigenvalue weighted by Gasteiger charge is 2.31. The molecule has 27 heavy (non-hydrogen) atoms. The number of rotatable bonds is 2. The van der Waals surface area contributed by atoms with Crippen LogP contribution in [0.5, 0.6) is 0 Å². The number of amides is 1. The van der Waals surface area contributed by atoms with E-state index in [1.165, 1.54) is 4.57 Å². The number of hydrogen-bond acceptors (Lipinski definition) is 3. The molecule has 0 atom stereocenters. The van der Waals surface area contributed by atoms with Crippen molar-refractivity contribution in [1.82, 2.24) is 9.55 Å². The Bertz CT molecular complexity index is 1200. The molecule has 4 rings (SSSR count). The molecule has 7 heteroatoms. The van der Waals surface area contributed by atoms with Crippen molar-refractivity contribution in [3.63, 3.8) is 0 Å². The Morgan fingerprint density at radius 3 is 2.70 bits per heavy atom. The predicted octanol–water partition coefficient (Wildman–Crippen LogP) is 4.21. The lowest BCUT2D eigenvalue weighted by atomic mass is 10.1. The van der Waals surface area contributed by atoms with Gasteiger partial charge in [0, 0.05) is 27.2 Å². The topological polar surface area (TPSA) is 55.2 Å². The van der Waals surface area contributed by atoms with Crippen molar-refractivity contribution in [2.45, 2.75) is 6.92 Å². The first-order chi connectivity index (χ1) is 12.9. The maximum absolute atomic E-state index is 12.9. The van der Waals surface area contributed by atoms with Crippen molar-refractivity contribution in [2.75, 3.05) is 11.4 Å². The quantitative estimate of drug-likeness (QED) is 0.365. The minimum atomic E-state index is -0.127. The van der Waals surface area contributed by atoms with E-state index in [1.807, 2.05) is 43.3 Å². The Morgan fingerprint density at radius 1 is 1.19 bits per heavy atom. The Hall–Kier alpha value is -2.00. The third-order valence-electron chi connectivity index (χ3n) is 4.68. The average molecular weight is 536 g/mol. The number of hydrogen-bond donors (Lipinski definition) is 0. The third-order valence-corrected chi connectivity index (χ3v) is 5.84. The zero-order chi connectivity index (χ0) is 19.3. The standard InChI is InChI=1S/C20H15BrIN3O2/c1-3-25-17-7-4-11(21)8-13(17)14(20(25)27)10-18-23-16-6-5-12(22)9-15(16)19(26)24(18)2/h4-10H,3H2,1-2H3/b14-10-. The molecule has 2 aromatic carbocycles. The Morgan fingerprint density at radius 2 is 1.96 bits per heavy atom. The molecule has 5 nitrogen and oxygen atoms in total. The maximum atomic E-state index is 12.9. The fraction of sp³-hybridized carbons (Fsp3) is 0.150. The molecule has 2 heterocycles. The first-order valence-corrected chi connectivity index (χ1v) is 10.3. The van der Waals surface area contributed by atoms with Gasteiger partial charge in [-0.1, -0.05) is 15.9 Å². The van der Waals surface area contributed by atoms with E-state index >= 15 is 0 Å². The summed E-state index contributed by atoms with van der Waals surface area (Å²) in [5.41, 5.74) is 2.75. The van der Waals surface area contributed by atoms with E-state index in [2.05, 4.69) is 43.5 Å². The van der Waals surface area contributed by atoms with Gasteiger partial charge in [0.15, 0.2) is 0 Å². The molecule has 1 aromatic heterocycles. The van der Waals surface area contributed by atoms with Crippen LogP contribution < -0.4 is 10.5 Å². The molecule has 0 spiro atoms. The van der Waals surface area contributed by atoms with Gasteiger partial charge < -0.3 is 4.90 Å². The summed E-state index contributed by atoms with van der Waals surface area (Å²) in [6.45, 7) is 2.52. The van der Waals surface area contributed by atoms with E-state index in [1.54, 1.807) is 18.0 Å². The molecule has 0 fully saturated rings. The molecule has 1 aliphatic rings. The lowest BCUT2D eigenvalue weighted by molar-refractivity contribution is -0.112. The monoisotopic (exact) mass is 535 g/mol. The van der Waals surface area contributed by atoms with Gasteiger partial charge in [-0.25, -0.2) is 4.98 Å². The number of nitrogens with zero attached hydrogens (tertiary/aromatic N) is 3. The molecule has 136 valence electrons. The van der Waals surface area contributed by atoms with Crippen LogP contribution in [0.15, 0.2) is 45.7 Å². The van der Waals surface area contributed by atoms with E-state index in [-0.39, 0.29) is 11.5 Å². The van der Waals surface area contributed by atoms with E-state index in [0.29, 0.717) is 28.8 Å². The SMILES string of the molecule is CCN1C(=O)/C(=C\c2nc3ccc(I)cc3c(=O)n2C)c2cc(Br)ccc21. The Kier molecular flexibility index (Phi) is 4.67. The molecule has 0 saturated carbocycles. The molecule has 0 N–H and O–H groups in total. The number of likely N-dealkylation sites (N-methyl/N-ethyl adjacent to an activating group) is 1. The summed E-state index contributed by atoms with van der Waals surface area (Å²) in [5.74, 6) is 0.378. The first kappa shape index (κ1) is 18.4. The fourth-order valence-corrected chi connectivity index (χ4v) is 4.15. The normalized spacial score (nSPS) is 15.0. The molecular weight excluding hydrogens is 521 g/mol. The summed E-state index contributed by atoms with van der Waals surface area (Å²) in [6.07, 6.45) is 1.71. The minimum absolute atomic E-state index is 0.0810. The lowest BCUT2D eigenvalue weighted by Gasteiger charge is -2.13. The van der Waals surface area contributed by atoms with Crippen LogP contribution in [0, 0.1) is 3.57 Å². The lowest BCUT2D eigenvalue weighted by Crippen LogP contribution is -2.26. The number of carbonyl (C=O) groups excluding carboxylic acids is 1. The van der Waals surface area contributed by atoms with Crippen molar-refractivity contribution < 1.29 is 4.79 Å². The average Bonchev–Trinajstić information content (AvgIpc) is 2.90. The van der Waals surface area contributed by atoms with Crippen molar-refractivity contribution >= 4 is 72.7 Å². The van der Waals surface area contributed by atoms with Gasteiger partial charge in [0.1, 0.15) is 5.82 Å². The van der Waals surface area contributed by atoms with Crippen LogP contribution in [0.25, 0.3) is 22.6 Å². The predicted molar refractivity (Wildman–Crippen MR) is 120 cm³/mol. The molecule has 1 amide bonds. The smallest absolute Gasteiger partial charge is 0.261 e. The van der Waals surface area contributed by atoms with Gasteiger partial charge in [-0.3, -0.25) is 14.2 Å². The molecule has 0 saturated heterocycles. The van der Waals surface area contributed by atoms with Gasteiger partial charge in [-0.15, -0.1) is 0 Å². The molecule has 0 radical (unpaired) electrons. The second kappa shape index (κ2) is 6.87. The fourth-order valence-electron chi connectivity index (χ4n) is 3.30. The number of aromatic nitrogens is 2. The van der Waals surface area contributed by atoms with Crippen LogP contribution in [-0.2, 0) is 11.8 Å². The summed E-state index contributed by atoms with van der Waals surface area (Å²) >= 11 is 5.65. The second-order valence-corrected chi connectivity index (χ2v) is 8.43. The molecule has 0 bridgehead atoms. The van der Waals surface area contributed by atoms with Crippen LogP contribution >= 0.6 is 38.5 Å². The number of anilines is 1. The van der Waals surface area contributed by atoms with Gasteiger partial charge >= 0.3 is 0 Å². The number of carbonyl (C=O) groups is 1. The van der Waals surface area contributed by atoms with Crippen molar-refractivity contribution in [3.8, 4) is 0 Å². The van der Waals surface area contributed by atoms with Crippen LogP contribution in [0.3, 0.4) is 0 Å². The minimum Gasteiger partial charge on any atom is -0.308 e. The van der Waals surface area contributed by atoms with E-state index in [4.69, 9.17) is 0 Å². The van der Waals surface area contributed by atoms with Crippen molar-refractivity contribution in [1.29, 1.82) is 0 Å². The summed E-state index contributed by atoms with van der Waals surface area (Å²) < 4.78 is 3.37. The van der Waals surface area contributed by atoms with Gasteiger partial charge in [0.25, 0.3) is 11.5 Å². The highest BCUT2D eigenvalue weighted by Crippen LogP contribution is 2.39. The van der Waals surface area contributed by atoms with Gasteiger partial charge in [0.2, 0.25) is 0 Å². The largest absolute Gasteiger partial charge is 0.308 e. The maximum Gasteiger partial charge on any atom is 0.261 e. The number of benzene rings is 2. The highest BCUT2D eigenvalue weighted by molar-refractivity contribution is 14.1. The first-order valence-electron chi connectivity index (χ1n) is 8.40. The van der Waals surface area contributed by atoms with E-state index in [0.717, 1.165) is 19.3 Å². The number of halogens is 2. The zero-order valence-electron chi connectivity index (χ0n) is 14.7. The van der Waals surface area contributed by atoms with Crippen molar-refractivity contribution in [3.05, 3.63) is 66.2 Å². The summed E-state index contributed by atoms with van der Waals surface area (Å²) in [7, 11) is 1.68. The number of fused-ring (bicyclic) bond motifs is 2. The summed E-state index contributed by atoms with van der Waals surface area (Å²) in [4.78, 5) is 32.1. The second-order valence-electron chi connectivity index (χ2n) is 6.26. The Labute approximate surface area is 178 Å². The molecular formula is C20H15BrIN3O2. The summed E-state index contributed by atoms with van der Waals surface area (Å²) in [5, 5.41) is 0.572. The van der Waals surface area contributed by atoms with Crippen LogP contribution in [0.4, 0.5) is 5.69 Å². The molecule has 3 aromatic rings. The van der Waals surface area contributed by atoms with Gasteiger partial charge in [-0.05, 0) is 72.0 Å². The van der Waals surface area contributed by atoms with Crippen LogP contribution in [0.1, 0.15) is 18.3 Å². The molecule has 0 unspecified atom stereocenters. The molecule has 1 aliphatic heterocycles. The van der Waals surface area contributed by atoms with Crippen molar-refractivity contribution in [2.24, 2.45) is 7.05 Å². The van der Waals surface area contributed by atoms with E-state index in [9.17, 15) is 9.59 Å². The van der Waals surface area contributed by atoms with Gasteiger partial charge in [-0.2, -0.15) is 0 Å². The Balaban J connectivity index is 1.96. The third kappa shape index (κ3) is 3.02. The molecule has 0 aliphatic carbocycles. The zero-order valence-corrected chi connectivity index (χ0v) is 18.4. The van der Waals surface area contributed by atoms with Crippen LogP contribution in [-0.4, -0.2) is 22.0 Å². The highest BCUT2D eigenvalue weighted by atomic mass is 127. The summed E-state index contributed by atoms with van der Waals surface area (Å²) in [6, 6.07) is 11.3. The van der Waals surface area contributed by atoms with Gasteiger partial charge in [0.05, 0.1) is 22.2 Å². The van der Waals surface area contributed by atoms with E-state index < -0.39 is 0 Å². The van der Waals surface area contributed by atoms with Crippen LogP contribution in [0.2, 0.25) is 0 Å².